The van der Waals surface area contributed by atoms with Gasteiger partial charge >= 0.3 is 0 Å². The smallest absolute Gasteiger partial charge is 0.270 e. The van der Waals surface area contributed by atoms with Crippen LogP contribution in [0.4, 0.5) is 5.69 Å². The van der Waals surface area contributed by atoms with Gasteiger partial charge in [0.25, 0.3) is 5.91 Å². The topological polar surface area (TPSA) is 103 Å². The Morgan fingerprint density at radius 3 is 2.55 bits per heavy atom. The van der Waals surface area contributed by atoms with Gasteiger partial charge in [-0.15, -0.1) is 0 Å². The molecule has 2 fully saturated rings. The quantitative estimate of drug-likeness (QED) is 0.697. The first-order chi connectivity index (χ1) is 15.8. The van der Waals surface area contributed by atoms with Crippen molar-refractivity contribution in [2.75, 3.05) is 31.5 Å². The Morgan fingerprint density at radius 2 is 1.79 bits per heavy atom. The molecule has 2 amide bonds. The normalized spacial score (nSPS) is 19.9. The lowest BCUT2D eigenvalue weighted by Gasteiger charge is -2.31. The summed E-state index contributed by atoms with van der Waals surface area (Å²) in [6.07, 6.45) is 5.67. The molecule has 0 unspecified atom stereocenters. The Kier molecular flexibility index (Phi) is 6.90. The van der Waals surface area contributed by atoms with Crippen LogP contribution in [-0.4, -0.2) is 60.6 Å². The van der Waals surface area contributed by atoms with Crippen LogP contribution >= 0.6 is 0 Å². The van der Waals surface area contributed by atoms with E-state index in [1.165, 1.54) is 16.6 Å². The summed E-state index contributed by atoms with van der Waals surface area (Å²) in [4.78, 5) is 30.3. The molecule has 1 aromatic heterocycles. The highest BCUT2D eigenvalue weighted by atomic mass is 32.2. The van der Waals surface area contributed by atoms with Crippen molar-refractivity contribution in [3.05, 3.63) is 47.3 Å². The van der Waals surface area contributed by atoms with Gasteiger partial charge in [-0.3, -0.25) is 9.59 Å². The molecule has 3 heterocycles. The molecule has 2 aliphatic heterocycles. The summed E-state index contributed by atoms with van der Waals surface area (Å²) in [5.74, 6) is -0.763. The second-order valence-electron chi connectivity index (χ2n) is 9.11. The van der Waals surface area contributed by atoms with Crippen LogP contribution in [0.2, 0.25) is 0 Å². The van der Waals surface area contributed by atoms with E-state index < -0.39 is 15.9 Å². The lowest BCUT2D eigenvalue weighted by Crippen LogP contribution is -2.43. The number of nitrogens with zero attached hydrogens (tertiary/aromatic N) is 2. The molecule has 0 spiro atoms. The van der Waals surface area contributed by atoms with Crippen molar-refractivity contribution in [2.45, 2.75) is 50.8 Å². The molecular weight excluding hydrogens is 440 g/mol. The molecule has 0 radical (unpaired) electrons. The lowest BCUT2D eigenvalue weighted by atomic mass is 9.98. The monoisotopic (exact) mass is 472 g/mol. The van der Waals surface area contributed by atoms with Crippen molar-refractivity contribution >= 4 is 27.5 Å². The summed E-state index contributed by atoms with van der Waals surface area (Å²) in [5, 5.41) is 2.97. The molecule has 0 bridgehead atoms. The molecule has 2 N–H and O–H groups in total. The van der Waals surface area contributed by atoms with E-state index in [-0.39, 0.29) is 28.9 Å². The van der Waals surface area contributed by atoms with Crippen molar-refractivity contribution in [2.24, 2.45) is 5.92 Å². The SMILES string of the molecule is Cc1ccc(C)c(NC(=O)[C@H]2CCCN(S(=O)(=O)c3c[nH]c(C(=O)N4CCCCC4)c3)C2)c1. The predicted octanol–water partition coefficient (Wildman–Crippen LogP) is 3.30. The number of hydrogen-bond acceptors (Lipinski definition) is 4. The van der Waals surface area contributed by atoms with E-state index in [2.05, 4.69) is 10.3 Å². The van der Waals surface area contributed by atoms with Crippen LogP contribution in [0.3, 0.4) is 0 Å². The summed E-state index contributed by atoms with van der Waals surface area (Å²) in [7, 11) is -3.81. The lowest BCUT2D eigenvalue weighted by molar-refractivity contribution is -0.120. The van der Waals surface area contributed by atoms with E-state index in [4.69, 9.17) is 0 Å². The Hall–Kier alpha value is -2.65. The van der Waals surface area contributed by atoms with Crippen molar-refractivity contribution < 1.29 is 18.0 Å². The number of aromatic amines is 1. The molecule has 178 valence electrons. The molecule has 9 heteroatoms. The highest BCUT2D eigenvalue weighted by Gasteiger charge is 2.34. The third-order valence-electron chi connectivity index (χ3n) is 6.57. The summed E-state index contributed by atoms with van der Waals surface area (Å²) in [6, 6.07) is 7.29. The number of rotatable bonds is 5. The maximum Gasteiger partial charge on any atom is 0.270 e. The molecule has 4 rings (SSSR count). The van der Waals surface area contributed by atoms with Crippen LogP contribution < -0.4 is 5.32 Å². The number of aromatic nitrogens is 1. The molecular formula is C24H32N4O4S. The minimum absolute atomic E-state index is 0.0680. The molecule has 0 aliphatic carbocycles. The van der Waals surface area contributed by atoms with Gasteiger partial charge in [-0.2, -0.15) is 4.31 Å². The summed E-state index contributed by atoms with van der Waals surface area (Å²) >= 11 is 0. The van der Waals surface area contributed by atoms with Gasteiger partial charge in [0.1, 0.15) is 10.6 Å². The number of piperidine rings is 2. The Balaban J connectivity index is 1.45. The standard InChI is InChI=1S/C24H32N4O4S/c1-17-8-9-18(2)21(13-17)26-23(29)19-7-6-12-28(16-19)33(31,32)20-14-22(25-15-20)24(30)27-10-4-3-5-11-27/h8-9,13-15,19,25H,3-7,10-12,16H2,1-2H3,(H,26,29)/t19-/m0/s1. The fraction of sp³-hybridized carbons (Fsp3) is 0.500. The zero-order chi connectivity index (χ0) is 23.6. The van der Waals surface area contributed by atoms with Gasteiger partial charge in [0.2, 0.25) is 15.9 Å². The summed E-state index contributed by atoms with van der Waals surface area (Å²) in [6.45, 7) is 5.77. The van der Waals surface area contributed by atoms with E-state index in [0.717, 1.165) is 36.1 Å². The van der Waals surface area contributed by atoms with Gasteiger partial charge in [-0.1, -0.05) is 12.1 Å². The van der Waals surface area contributed by atoms with Crippen molar-refractivity contribution in [3.63, 3.8) is 0 Å². The molecule has 8 nitrogen and oxygen atoms in total. The minimum Gasteiger partial charge on any atom is -0.356 e. The van der Waals surface area contributed by atoms with Crippen molar-refractivity contribution in [1.29, 1.82) is 0 Å². The molecule has 33 heavy (non-hydrogen) atoms. The second-order valence-corrected chi connectivity index (χ2v) is 11.0. The number of sulfonamides is 1. The number of aryl methyl sites for hydroxylation is 2. The molecule has 1 atom stereocenters. The maximum absolute atomic E-state index is 13.3. The largest absolute Gasteiger partial charge is 0.356 e. The average Bonchev–Trinajstić information content (AvgIpc) is 3.33. The van der Waals surface area contributed by atoms with Crippen LogP contribution in [0, 0.1) is 19.8 Å². The number of likely N-dealkylation sites (tertiary alicyclic amines) is 1. The summed E-state index contributed by atoms with van der Waals surface area (Å²) in [5.41, 5.74) is 3.06. The maximum atomic E-state index is 13.3. The zero-order valence-corrected chi connectivity index (χ0v) is 20.1. The average molecular weight is 473 g/mol. The highest BCUT2D eigenvalue weighted by molar-refractivity contribution is 7.89. The van der Waals surface area contributed by atoms with Crippen LogP contribution in [0.1, 0.15) is 53.7 Å². The van der Waals surface area contributed by atoms with E-state index in [1.807, 2.05) is 32.0 Å². The third-order valence-corrected chi connectivity index (χ3v) is 8.42. The molecule has 2 aliphatic rings. The number of amides is 2. The van der Waals surface area contributed by atoms with Gasteiger partial charge in [-0.25, -0.2) is 8.42 Å². The highest BCUT2D eigenvalue weighted by Crippen LogP contribution is 2.26. The first-order valence-electron chi connectivity index (χ1n) is 11.6. The van der Waals surface area contributed by atoms with Crippen LogP contribution in [0.25, 0.3) is 0 Å². The first kappa shape index (κ1) is 23.5. The van der Waals surface area contributed by atoms with Gasteiger partial charge in [0.05, 0.1) is 5.92 Å². The van der Waals surface area contributed by atoms with E-state index >= 15 is 0 Å². The fourth-order valence-electron chi connectivity index (χ4n) is 4.54. The minimum atomic E-state index is -3.81. The Bertz CT molecular complexity index is 1140. The van der Waals surface area contributed by atoms with E-state index in [1.54, 1.807) is 4.90 Å². The van der Waals surface area contributed by atoms with Crippen LogP contribution in [0.5, 0.6) is 0 Å². The summed E-state index contributed by atoms with van der Waals surface area (Å²) < 4.78 is 27.9. The Labute approximate surface area is 195 Å². The van der Waals surface area contributed by atoms with E-state index in [9.17, 15) is 18.0 Å². The number of hydrogen-bond donors (Lipinski definition) is 2. The number of nitrogens with one attached hydrogen (secondary N) is 2. The molecule has 2 saturated heterocycles. The fourth-order valence-corrected chi connectivity index (χ4v) is 6.06. The number of H-pyrrole nitrogens is 1. The van der Waals surface area contributed by atoms with E-state index in [0.29, 0.717) is 32.5 Å². The second kappa shape index (κ2) is 9.69. The number of benzene rings is 1. The van der Waals surface area contributed by atoms with Crippen molar-refractivity contribution in [3.8, 4) is 0 Å². The zero-order valence-electron chi connectivity index (χ0n) is 19.3. The first-order valence-corrected chi connectivity index (χ1v) is 13.1. The van der Waals surface area contributed by atoms with Crippen LogP contribution in [-0.2, 0) is 14.8 Å². The van der Waals surface area contributed by atoms with Gasteiger partial charge in [-0.05, 0) is 69.2 Å². The third kappa shape index (κ3) is 5.14. The molecule has 1 aromatic carbocycles. The van der Waals surface area contributed by atoms with Gasteiger partial charge in [0, 0.05) is 38.1 Å². The van der Waals surface area contributed by atoms with Gasteiger partial charge < -0.3 is 15.2 Å². The van der Waals surface area contributed by atoms with Crippen molar-refractivity contribution in [1.82, 2.24) is 14.2 Å². The van der Waals surface area contributed by atoms with Crippen LogP contribution in [0.15, 0.2) is 35.4 Å². The number of carbonyl (C=O) groups is 2. The predicted molar refractivity (Wildman–Crippen MR) is 127 cm³/mol. The molecule has 0 saturated carbocycles. The molecule has 2 aromatic rings. The Morgan fingerprint density at radius 1 is 1.03 bits per heavy atom. The van der Waals surface area contributed by atoms with Gasteiger partial charge in [0.15, 0.2) is 0 Å². The number of carbonyl (C=O) groups excluding carboxylic acids is 2. The number of anilines is 1.